The van der Waals surface area contributed by atoms with Crippen LogP contribution in [0.15, 0.2) is 0 Å². The summed E-state index contributed by atoms with van der Waals surface area (Å²) in [6.07, 6.45) is 1.22. The highest BCUT2D eigenvalue weighted by molar-refractivity contribution is 6.60. The van der Waals surface area contributed by atoms with E-state index in [2.05, 4.69) is 0 Å². The molecule has 1 heterocycles. The molecule has 1 aliphatic heterocycles. The maximum atomic E-state index is 5.42. The Balaban J connectivity index is 0.000000515. The lowest BCUT2D eigenvalue weighted by Crippen LogP contribution is -2.42. The molecule has 23 heavy (non-hydrogen) atoms. The van der Waals surface area contributed by atoms with Gasteiger partial charge in [-0.05, 0) is 6.42 Å². The lowest BCUT2D eigenvalue weighted by molar-refractivity contribution is 0.100. The van der Waals surface area contributed by atoms with Gasteiger partial charge in [0, 0.05) is 61.9 Å². The summed E-state index contributed by atoms with van der Waals surface area (Å²) < 4.78 is 41.1. The molecule has 140 valence electrons. The Labute approximate surface area is 142 Å². The van der Waals surface area contributed by atoms with E-state index in [0.29, 0.717) is 19.3 Å². The fourth-order valence-electron chi connectivity index (χ4n) is 1.58. The SMILES string of the molecule is CO[Si](C)(OC)OC.CO[Si](CCCOCC1CO1)(OC)OC. The van der Waals surface area contributed by atoms with Gasteiger partial charge in [-0.2, -0.15) is 0 Å². The van der Waals surface area contributed by atoms with Crippen molar-refractivity contribution >= 4 is 17.6 Å². The van der Waals surface area contributed by atoms with Gasteiger partial charge in [0.15, 0.2) is 0 Å². The molecule has 0 amide bonds. The normalized spacial score (nSPS) is 17.6. The second-order valence-corrected chi connectivity index (χ2v) is 10.9. The molecule has 0 saturated carbocycles. The summed E-state index contributed by atoms with van der Waals surface area (Å²) >= 11 is 0. The zero-order valence-corrected chi connectivity index (χ0v) is 17.4. The van der Waals surface area contributed by atoms with E-state index in [1.165, 1.54) is 0 Å². The Hall–Kier alpha value is 0.114. The highest BCUT2D eigenvalue weighted by Crippen LogP contribution is 2.15. The van der Waals surface area contributed by atoms with Gasteiger partial charge in [0.05, 0.1) is 13.2 Å². The molecule has 0 aromatic carbocycles. The monoisotopic (exact) mass is 372 g/mol. The summed E-state index contributed by atoms with van der Waals surface area (Å²) in [6, 6.07) is 0.780. The standard InChI is InChI=1S/C9H20O5Si.C4H12O3Si/c1-10-15(11-2,12-3)6-4-5-13-7-9-8-14-9;1-5-8(4,6-2)7-3/h9H,4-8H2,1-3H3;1-4H3. The van der Waals surface area contributed by atoms with Gasteiger partial charge < -0.3 is 36.0 Å². The molecule has 1 unspecified atom stereocenters. The maximum Gasteiger partial charge on any atom is 0.500 e. The van der Waals surface area contributed by atoms with Gasteiger partial charge >= 0.3 is 17.6 Å². The fraction of sp³-hybridized carbons (Fsp3) is 1.00. The highest BCUT2D eigenvalue weighted by atomic mass is 28.4. The molecular weight excluding hydrogens is 340 g/mol. The van der Waals surface area contributed by atoms with Crippen molar-refractivity contribution in [2.75, 3.05) is 62.5 Å². The van der Waals surface area contributed by atoms with Crippen molar-refractivity contribution in [2.45, 2.75) is 25.1 Å². The van der Waals surface area contributed by atoms with Gasteiger partial charge in [0.1, 0.15) is 6.10 Å². The minimum absolute atomic E-state index is 0.333. The second-order valence-electron chi connectivity index (χ2n) is 4.90. The first-order valence-electron chi connectivity index (χ1n) is 7.45. The van der Waals surface area contributed by atoms with E-state index in [0.717, 1.165) is 19.1 Å². The van der Waals surface area contributed by atoms with Crippen molar-refractivity contribution in [1.82, 2.24) is 0 Å². The first kappa shape index (κ1) is 23.1. The van der Waals surface area contributed by atoms with Crippen LogP contribution >= 0.6 is 0 Å². The fourth-order valence-corrected chi connectivity index (χ4v) is 3.77. The topological polar surface area (TPSA) is 77.1 Å². The van der Waals surface area contributed by atoms with Crippen LogP contribution in [0.1, 0.15) is 6.42 Å². The summed E-state index contributed by atoms with van der Waals surface area (Å²) in [4.78, 5) is 0. The van der Waals surface area contributed by atoms with Crippen LogP contribution < -0.4 is 0 Å². The van der Waals surface area contributed by atoms with Crippen LogP contribution in [0, 0.1) is 0 Å². The lowest BCUT2D eigenvalue weighted by atomic mass is 10.5. The molecule has 0 aliphatic carbocycles. The van der Waals surface area contributed by atoms with Crippen molar-refractivity contribution in [3.8, 4) is 0 Å². The van der Waals surface area contributed by atoms with Crippen LogP contribution in [0.3, 0.4) is 0 Å². The Morgan fingerprint density at radius 2 is 1.35 bits per heavy atom. The summed E-state index contributed by atoms with van der Waals surface area (Å²) in [5.74, 6) is 0. The minimum atomic E-state index is -2.39. The molecule has 0 aromatic rings. The van der Waals surface area contributed by atoms with Gasteiger partial charge in [0.25, 0.3) is 0 Å². The number of hydrogen-bond donors (Lipinski definition) is 0. The van der Waals surface area contributed by atoms with Gasteiger partial charge in [-0.15, -0.1) is 0 Å². The Kier molecular flexibility index (Phi) is 12.5. The average Bonchev–Trinajstić information content (AvgIpc) is 3.43. The first-order valence-corrected chi connectivity index (χ1v) is 11.6. The van der Waals surface area contributed by atoms with Gasteiger partial charge in [-0.3, -0.25) is 0 Å². The van der Waals surface area contributed by atoms with Crippen molar-refractivity contribution in [1.29, 1.82) is 0 Å². The van der Waals surface area contributed by atoms with Crippen LogP contribution in [0.5, 0.6) is 0 Å². The van der Waals surface area contributed by atoms with Gasteiger partial charge in [-0.1, -0.05) is 0 Å². The third-order valence-corrected chi connectivity index (χ3v) is 8.58. The molecule has 8 nitrogen and oxygen atoms in total. The van der Waals surface area contributed by atoms with Gasteiger partial charge in [-0.25, -0.2) is 0 Å². The van der Waals surface area contributed by atoms with Crippen LogP contribution in [0.4, 0.5) is 0 Å². The Morgan fingerprint density at radius 3 is 1.65 bits per heavy atom. The molecule has 1 aliphatic rings. The summed E-state index contributed by atoms with van der Waals surface area (Å²) in [6.45, 7) is 4.06. The Morgan fingerprint density at radius 1 is 0.870 bits per heavy atom. The zero-order chi connectivity index (χ0) is 17.8. The smallest absolute Gasteiger partial charge is 0.379 e. The first-order chi connectivity index (χ1) is 10.9. The molecule has 0 spiro atoms. The van der Waals surface area contributed by atoms with Crippen molar-refractivity contribution in [3.63, 3.8) is 0 Å². The lowest BCUT2D eigenvalue weighted by Gasteiger charge is -2.24. The number of hydrogen-bond acceptors (Lipinski definition) is 8. The van der Waals surface area contributed by atoms with E-state index in [1.54, 1.807) is 42.7 Å². The van der Waals surface area contributed by atoms with Crippen LogP contribution in [-0.2, 0) is 36.0 Å². The largest absolute Gasteiger partial charge is 0.500 e. The van der Waals surface area contributed by atoms with E-state index in [9.17, 15) is 0 Å². The molecular formula is C13H32O8Si2. The molecule has 1 saturated heterocycles. The third-order valence-electron chi connectivity index (χ3n) is 3.52. The molecule has 1 rings (SSSR count). The van der Waals surface area contributed by atoms with E-state index in [4.69, 9.17) is 36.0 Å². The minimum Gasteiger partial charge on any atom is -0.379 e. The number of ether oxygens (including phenoxy) is 2. The summed E-state index contributed by atoms with van der Waals surface area (Å²) in [5.41, 5.74) is 0. The summed E-state index contributed by atoms with van der Waals surface area (Å²) in [5, 5.41) is 0. The predicted molar refractivity (Wildman–Crippen MR) is 89.4 cm³/mol. The highest BCUT2D eigenvalue weighted by Gasteiger charge is 2.36. The molecule has 10 heteroatoms. The third kappa shape index (κ3) is 9.87. The Bertz CT molecular complexity index is 267. The molecule has 0 radical (unpaired) electrons. The van der Waals surface area contributed by atoms with E-state index >= 15 is 0 Å². The quantitative estimate of drug-likeness (QED) is 0.287. The zero-order valence-electron chi connectivity index (χ0n) is 15.4. The molecule has 0 bridgehead atoms. The predicted octanol–water partition coefficient (Wildman–Crippen LogP) is 1.16. The molecule has 0 N–H and O–H groups in total. The van der Waals surface area contributed by atoms with Crippen molar-refractivity contribution in [2.24, 2.45) is 0 Å². The van der Waals surface area contributed by atoms with Crippen molar-refractivity contribution < 1.29 is 36.0 Å². The van der Waals surface area contributed by atoms with Gasteiger partial charge in [0.2, 0.25) is 0 Å². The van der Waals surface area contributed by atoms with E-state index in [-0.39, 0.29) is 0 Å². The molecule has 0 aromatic heterocycles. The van der Waals surface area contributed by atoms with E-state index < -0.39 is 17.6 Å². The van der Waals surface area contributed by atoms with Crippen molar-refractivity contribution in [3.05, 3.63) is 0 Å². The average molecular weight is 373 g/mol. The summed E-state index contributed by atoms with van der Waals surface area (Å²) in [7, 11) is 5.06. The van der Waals surface area contributed by atoms with E-state index in [1.807, 2.05) is 6.55 Å². The van der Waals surface area contributed by atoms with Crippen LogP contribution in [0.25, 0.3) is 0 Å². The molecule has 1 fully saturated rings. The number of epoxide rings is 1. The van der Waals surface area contributed by atoms with Crippen LogP contribution in [0.2, 0.25) is 12.6 Å². The second kappa shape index (κ2) is 12.5. The molecule has 1 atom stereocenters. The van der Waals surface area contributed by atoms with Crippen LogP contribution in [-0.4, -0.2) is 86.2 Å². The maximum absolute atomic E-state index is 5.42. The number of rotatable bonds is 12.